The molecule has 7 nitrogen and oxygen atoms in total. The number of unbranched alkanes of at least 4 members (excludes halogenated alkanes) is 1. The van der Waals surface area contributed by atoms with E-state index in [1.807, 2.05) is 6.92 Å². The molecule has 4 unspecified atom stereocenters. The van der Waals surface area contributed by atoms with Crippen molar-refractivity contribution in [1.29, 1.82) is 0 Å². The predicted molar refractivity (Wildman–Crippen MR) is 98.1 cm³/mol. The molecule has 0 aromatic heterocycles. The minimum atomic E-state index is -1.53. The lowest BCUT2D eigenvalue weighted by Crippen LogP contribution is -2.53. The molecule has 0 bridgehead atoms. The van der Waals surface area contributed by atoms with Gasteiger partial charge in [-0.3, -0.25) is 24.6 Å². The van der Waals surface area contributed by atoms with E-state index in [-0.39, 0.29) is 11.7 Å². The molecule has 0 saturated carbocycles. The molecule has 2 fully saturated rings. The Hall–Kier alpha value is -2.41. The second-order valence-corrected chi connectivity index (χ2v) is 7.82. The normalized spacial score (nSPS) is 30.1. The maximum atomic E-state index is 13.1. The first-order chi connectivity index (χ1) is 12.6. The number of likely N-dealkylation sites (tertiary alicyclic amines) is 1. The SMILES string of the molecule is CCCCN1C(=O)C2C(c3cc(C)c(O)c(C)c3)NC(C)(C(=O)O)C2C1=O. The molecular weight excluding hydrogens is 348 g/mol. The quantitative estimate of drug-likeness (QED) is 0.680. The number of imide groups is 1. The van der Waals surface area contributed by atoms with Crippen molar-refractivity contribution in [3.8, 4) is 5.75 Å². The summed E-state index contributed by atoms with van der Waals surface area (Å²) < 4.78 is 0. The van der Waals surface area contributed by atoms with Crippen molar-refractivity contribution >= 4 is 17.8 Å². The third-order valence-corrected chi connectivity index (χ3v) is 5.93. The molecule has 4 atom stereocenters. The molecule has 7 heteroatoms. The molecule has 3 N–H and O–H groups in total. The average Bonchev–Trinajstić information content (AvgIpc) is 3.06. The largest absolute Gasteiger partial charge is 0.507 e. The van der Waals surface area contributed by atoms with Crippen LogP contribution in [0.2, 0.25) is 0 Å². The van der Waals surface area contributed by atoms with Gasteiger partial charge in [0.15, 0.2) is 0 Å². The van der Waals surface area contributed by atoms with Crippen LogP contribution in [0, 0.1) is 25.7 Å². The Bertz CT molecular complexity index is 798. The standard InChI is InChI=1S/C20H26N2O5/c1-5-6-7-22-17(24)13-14(18(22)25)20(4,19(26)27)21-15(13)12-8-10(2)16(23)11(3)9-12/h8-9,13-15,21,23H,5-7H2,1-4H3,(H,26,27). The lowest BCUT2D eigenvalue weighted by Gasteiger charge is -2.27. The predicted octanol–water partition coefficient (Wildman–Crippen LogP) is 1.90. The molecule has 2 saturated heterocycles. The molecule has 27 heavy (non-hydrogen) atoms. The van der Waals surface area contributed by atoms with E-state index in [1.54, 1.807) is 26.0 Å². The van der Waals surface area contributed by atoms with Crippen LogP contribution in [-0.2, 0) is 14.4 Å². The lowest BCUT2D eigenvalue weighted by molar-refractivity contribution is -0.150. The Morgan fingerprint density at radius 1 is 1.22 bits per heavy atom. The van der Waals surface area contributed by atoms with Gasteiger partial charge in [-0.05, 0) is 43.9 Å². The van der Waals surface area contributed by atoms with Crippen molar-refractivity contribution in [1.82, 2.24) is 10.2 Å². The van der Waals surface area contributed by atoms with Gasteiger partial charge in [0.2, 0.25) is 11.8 Å². The van der Waals surface area contributed by atoms with Crippen LogP contribution in [0.3, 0.4) is 0 Å². The summed E-state index contributed by atoms with van der Waals surface area (Å²) >= 11 is 0. The van der Waals surface area contributed by atoms with E-state index in [2.05, 4.69) is 5.32 Å². The van der Waals surface area contributed by atoms with Crippen LogP contribution in [0.4, 0.5) is 0 Å². The number of carbonyl (C=O) groups is 3. The summed E-state index contributed by atoms with van der Waals surface area (Å²) in [5.41, 5.74) is 0.475. The van der Waals surface area contributed by atoms with E-state index >= 15 is 0 Å². The second-order valence-electron chi connectivity index (χ2n) is 7.82. The molecule has 0 aliphatic carbocycles. The van der Waals surface area contributed by atoms with Crippen LogP contribution >= 0.6 is 0 Å². The van der Waals surface area contributed by atoms with Crippen molar-refractivity contribution in [3.63, 3.8) is 0 Å². The van der Waals surface area contributed by atoms with Crippen molar-refractivity contribution in [3.05, 3.63) is 28.8 Å². The third-order valence-electron chi connectivity index (χ3n) is 5.93. The van der Waals surface area contributed by atoms with Gasteiger partial charge in [0.25, 0.3) is 0 Å². The molecule has 3 rings (SSSR count). The van der Waals surface area contributed by atoms with E-state index in [0.29, 0.717) is 29.7 Å². The highest BCUT2D eigenvalue weighted by Crippen LogP contribution is 2.49. The Labute approximate surface area is 158 Å². The van der Waals surface area contributed by atoms with Crippen molar-refractivity contribution in [2.45, 2.75) is 52.1 Å². The topological polar surface area (TPSA) is 107 Å². The molecule has 2 aliphatic heterocycles. The highest BCUT2D eigenvalue weighted by molar-refractivity contribution is 6.09. The Morgan fingerprint density at radius 2 is 1.81 bits per heavy atom. The number of aromatic hydroxyl groups is 1. The molecule has 1 aromatic rings. The van der Waals surface area contributed by atoms with Gasteiger partial charge >= 0.3 is 5.97 Å². The maximum Gasteiger partial charge on any atom is 0.324 e. The van der Waals surface area contributed by atoms with Gasteiger partial charge < -0.3 is 10.2 Å². The fraction of sp³-hybridized carbons (Fsp3) is 0.550. The summed E-state index contributed by atoms with van der Waals surface area (Å²) in [6, 6.07) is 2.89. The summed E-state index contributed by atoms with van der Waals surface area (Å²) in [5.74, 6) is -3.41. The number of hydrogen-bond acceptors (Lipinski definition) is 5. The van der Waals surface area contributed by atoms with Gasteiger partial charge in [-0.2, -0.15) is 0 Å². The monoisotopic (exact) mass is 374 g/mol. The minimum Gasteiger partial charge on any atom is -0.507 e. The number of rotatable bonds is 5. The summed E-state index contributed by atoms with van der Waals surface area (Å²) in [6.07, 6.45) is 1.52. The number of nitrogens with zero attached hydrogens (tertiary/aromatic N) is 1. The summed E-state index contributed by atoms with van der Waals surface area (Å²) in [5, 5.41) is 22.9. The number of carboxylic acids is 1. The molecule has 0 spiro atoms. The smallest absolute Gasteiger partial charge is 0.324 e. The van der Waals surface area contributed by atoms with Crippen LogP contribution in [0.25, 0.3) is 0 Å². The number of fused-ring (bicyclic) bond motifs is 1. The average molecular weight is 374 g/mol. The van der Waals surface area contributed by atoms with Crippen molar-refractivity contribution < 1.29 is 24.6 Å². The Balaban J connectivity index is 2.08. The van der Waals surface area contributed by atoms with Gasteiger partial charge in [-0.1, -0.05) is 25.5 Å². The first-order valence-corrected chi connectivity index (χ1v) is 9.29. The molecule has 146 valence electrons. The molecule has 1 aromatic carbocycles. The summed E-state index contributed by atoms with van der Waals surface area (Å²) in [4.78, 5) is 39.3. The van der Waals surface area contributed by atoms with E-state index in [4.69, 9.17) is 0 Å². The number of benzene rings is 1. The fourth-order valence-corrected chi connectivity index (χ4v) is 4.39. The summed E-state index contributed by atoms with van der Waals surface area (Å²) in [7, 11) is 0. The van der Waals surface area contributed by atoms with Crippen LogP contribution in [0.5, 0.6) is 5.75 Å². The number of phenolic OH excluding ortho intramolecular Hbond substituents is 1. The van der Waals surface area contributed by atoms with E-state index < -0.39 is 35.3 Å². The number of aliphatic carboxylic acids is 1. The Kier molecular flexibility index (Phi) is 4.76. The number of carbonyl (C=O) groups excluding carboxylic acids is 2. The Morgan fingerprint density at radius 3 is 2.33 bits per heavy atom. The van der Waals surface area contributed by atoms with Crippen molar-refractivity contribution in [2.24, 2.45) is 11.8 Å². The lowest BCUT2D eigenvalue weighted by atomic mass is 9.80. The van der Waals surface area contributed by atoms with Crippen LogP contribution in [0.15, 0.2) is 12.1 Å². The van der Waals surface area contributed by atoms with E-state index in [0.717, 1.165) is 6.42 Å². The molecular formula is C20H26N2O5. The second kappa shape index (κ2) is 6.64. The van der Waals surface area contributed by atoms with Gasteiger partial charge in [0.1, 0.15) is 11.3 Å². The minimum absolute atomic E-state index is 0.174. The van der Waals surface area contributed by atoms with E-state index in [1.165, 1.54) is 11.8 Å². The number of aryl methyl sites for hydroxylation is 2. The zero-order valence-electron chi connectivity index (χ0n) is 16.1. The first-order valence-electron chi connectivity index (χ1n) is 9.29. The number of carboxylic acid groups (broad SMARTS) is 1. The van der Waals surface area contributed by atoms with Gasteiger partial charge in [0, 0.05) is 12.6 Å². The van der Waals surface area contributed by atoms with Crippen LogP contribution in [-0.4, -0.2) is 45.0 Å². The highest BCUT2D eigenvalue weighted by atomic mass is 16.4. The van der Waals surface area contributed by atoms with Crippen LogP contribution in [0.1, 0.15) is 49.4 Å². The first kappa shape index (κ1) is 19.4. The molecule has 2 heterocycles. The number of nitrogens with one attached hydrogen (secondary N) is 1. The zero-order valence-corrected chi connectivity index (χ0v) is 16.1. The van der Waals surface area contributed by atoms with Gasteiger partial charge in [-0.15, -0.1) is 0 Å². The van der Waals surface area contributed by atoms with Crippen LogP contribution < -0.4 is 5.32 Å². The van der Waals surface area contributed by atoms with Gasteiger partial charge in [-0.25, -0.2) is 0 Å². The fourth-order valence-electron chi connectivity index (χ4n) is 4.39. The number of hydrogen-bond donors (Lipinski definition) is 3. The zero-order chi connectivity index (χ0) is 20.1. The number of phenols is 1. The number of amides is 2. The molecule has 2 aliphatic rings. The molecule has 2 amide bonds. The highest BCUT2D eigenvalue weighted by Gasteiger charge is 2.66. The summed E-state index contributed by atoms with van der Waals surface area (Å²) in [6.45, 7) is 7.27. The third kappa shape index (κ3) is 2.81. The maximum absolute atomic E-state index is 13.1. The van der Waals surface area contributed by atoms with Crippen molar-refractivity contribution in [2.75, 3.05) is 6.54 Å². The molecule has 0 radical (unpaired) electrons. The van der Waals surface area contributed by atoms with E-state index in [9.17, 15) is 24.6 Å². The van der Waals surface area contributed by atoms with Gasteiger partial charge in [0.05, 0.1) is 11.8 Å².